The Kier molecular flexibility index (Phi) is 6.58. The standard InChI is InChI=1S/C13H14F2O7S/c14-13(15,23(18,19)20)9-22-11(16)7-4-8-21-12(17)10-5-2-1-3-6-10/h1-3,5-6H,4,7-9H2,(H,18,19,20). The molecule has 0 radical (unpaired) electrons. The van der Waals surface area contributed by atoms with E-state index in [-0.39, 0.29) is 19.4 Å². The van der Waals surface area contributed by atoms with Crippen molar-refractivity contribution in [3.63, 3.8) is 0 Å². The molecule has 0 amide bonds. The van der Waals surface area contributed by atoms with Crippen molar-refractivity contribution in [2.75, 3.05) is 13.2 Å². The third kappa shape index (κ3) is 6.28. The quantitative estimate of drug-likeness (QED) is 0.430. The SMILES string of the molecule is O=C(CCCOC(=O)c1ccccc1)OCC(F)(F)S(=O)(=O)O. The molecule has 0 aliphatic carbocycles. The number of carbonyl (C=O) groups excluding carboxylic acids is 2. The highest BCUT2D eigenvalue weighted by molar-refractivity contribution is 7.86. The maximum atomic E-state index is 12.8. The Morgan fingerprint density at radius 3 is 2.30 bits per heavy atom. The molecule has 0 aliphatic rings. The average Bonchev–Trinajstić information content (AvgIpc) is 2.49. The summed E-state index contributed by atoms with van der Waals surface area (Å²) in [7, 11) is -5.64. The zero-order chi connectivity index (χ0) is 17.5. The molecule has 0 spiro atoms. The number of carbonyl (C=O) groups is 2. The summed E-state index contributed by atoms with van der Waals surface area (Å²) in [5, 5.41) is -4.57. The van der Waals surface area contributed by atoms with Crippen LogP contribution in [0.25, 0.3) is 0 Å². The van der Waals surface area contributed by atoms with Crippen LogP contribution in [-0.2, 0) is 24.4 Å². The van der Waals surface area contributed by atoms with Gasteiger partial charge >= 0.3 is 27.3 Å². The fourth-order valence-electron chi connectivity index (χ4n) is 1.35. The maximum absolute atomic E-state index is 12.8. The van der Waals surface area contributed by atoms with Crippen LogP contribution in [0.4, 0.5) is 8.78 Å². The van der Waals surface area contributed by atoms with E-state index in [4.69, 9.17) is 9.29 Å². The topological polar surface area (TPSA) is 107 Å². The zero-order valence-corrected chi connectivity index (χ0v) is 12.6. The van der Waals surface area contributed by atoms with E-state index in [0.717, 1.165) is 0 Å². The van der Waals surface area contributed by atoms with Crippen LogP contribution in [0.15, 0.2) is 30.3 Å². The van der Waals surface area contributed by atoms with E-state index in [1.54, 1.807) is 18.2 Å². The van der Waals surface area contributed by atoms with Crippen LogP contribution in [0, 0.1) is 0 Å². The van der Waals surface area contributed by atoms with E-state index < -0.39 is 33.9 Å². The molecular formula is C13H14F2O7S. The van der Waals surface area contributed by atoms with E-state index in [0.29, 0.717) is 5.56 Å². The van der Waals surface area contributed by atoms with Crippen molar-refractivity contribution in [1.82, 2.24) is 0 Å². The van der Waals surface area contributed by atoms with Crippen molar-refractivity contribution in [2.24, 2.45) is 0 Å². The van der Waals surface area contributed by atoms with Gasteiger partial charge in [-0.2, -0.15) is 17.2 Å². The summed E-state index contributed by atoms with van der Waals surface area (Å²) in [6.07, 6.45) is -0.349. The molecular weight excluding hydrogens is 338 g/mol. The molecule has 1 N–H and O–H groups in total. The number of halogens is 2. The zero-order valence-electron chi connectivity index (χ0n) is 11.8. The van der Waals surface area contributed by atoms with Crippen LogP contribution in [-0.4, -0.2) is 43.4 Å². The third-order valence-electron chi connectivity index (χ3n) is 2.55. The molecule has 0 atom stereocenters. The highest BCUT2D eigenvalue weighted by Crippen LogP contribution is 2.20. The van der Waals surface area contributed by atoms with Crippen molar-refractivity contribution >= 4 is 22.1 Å². The maximum Gasteiger partial charge on any atom is 0.402 e. The van der Waals surface area contributed by atoms with E-state index in [9.17, 15) is 26.8 Å². The largest absolute Gasteiger partial charge is 0.462 e. The minimum absolute atomic E-state index is 0.00878. The number of rotatable bonds is 8. The molecule has 23 heavy (non-hydrogen) atoms. The summed E-state index contributed by atoms with van der Waals surface area (Å²) < 4.78 is 63.3. The second kappa shape index (κ2) is 7.97. The molecule has 10 heteroatoms. The van der Waals surface area contributed by atoms with Gasteiger partial charge in [0.15, 0.2) is 6.61 Å². The van der Waals surface area contributed by atoms with E-state index in [2.05, 4.69) is 4.74 Å². The van der Waals surface area contributed by atoms with Gasteiger partial charge in [0.25, 0.3) is 0 Å². The van der Waals surface area contributed by atoms with Gasteiger partial charge in [-0.05, 0) is 18.6 Å². The van der Waals surface area contributed by atoms with Gasteiger partial charge in [0.05, 0.1) is 12.2 Å². The van der Waals surface area contributed by atoms with Crippen molar-refractivity contribution in [1.29, 1.82) is 0 Å². The lowest BCUT2D eigenvalue weighted by atomic mass is 10.2. The van der Waals surface area contributed by atoms with Gasteiger partial charge in [-0.15, -0.1) is 0 Å². The molecule has 1 aromatic rings. The number of esters is 2. The molecule has 0 saturated heterocycles. The minimum Gasteiger partial charge on any atom is -0.462 e. The molecule has 1 rings (SSSR count). The van der Waals surface area contributed by atoms with Crippen molar-refractivity contribution in [3.8, 4) is 0 Å². The highest BCUT2D eigenvalue weighted by Gasteiger charge is 2.45. The first kappa shape index (κ1) is 19.0. The first-order chi connectivity index (χ1) is 10.6. The lowest BCUT2D eigenvalue weighted by Gasteiger charge is -2.12. The number of hydrogen-bond acceptors (Lipinski definition) is 6. The predicted molar refractivity (Wildman–Crippen MR) is 73.4 cm³/mol. The number of ether oxygens (including phenoxy) is 2. The first-order valence-corrected chi connectivity index (χ1v) is 7.80. The van der Waals surface area contributed by atoms with Crippen LogP contribution in [0.2, 0.25) is 0 Å². The van der Waals surface area contributed by atoms with Gasteiger partial charge < -0.3 is 9.47 Å². The summed E-state index contributed by atoms with van der Waals surface area (Å²) in [4.78, 5) is 22.7. The summed E-state index contributed by atoms with van der Waals surface area (Å²) in [5.41, 5.74) is 0.322. The lowest BCUT2D eigenvalue weighted by Crippen LogP contribution is -2.34. The van der Waals surface area contributed by atoms with Crippen molar-refractivity contribution < 1.29 is 40.8 Å². The highest BCUT2D eigenvalue weighted by atomic mass is 32.2. The molecule has 7 nitrogen and oxygen atoms in total. The van der Waals surface area contributed by atoms with Crippen LogP contribution < -0.4 is 0 Å². The molecule has 128 valence electrons. The number of benzene rings is 1. The van der Waals surface area contributed by atoms with Crippen molar-refractivity contribution in [2.45, 2.75) is 18.1 Å². The molecule has 0 heterocycles. The van der Waals surface area contributed by atoms with Crippen molar-refractivity contribution in [3.05, 3.63) is 35.9 Å². The Labute approximate surface area is 130 Å². The Balaban J connectivity index is 2.26. The minimum atomic E-state index is -5.64. The van der Waals surface area contributed by atoms with Gasteiger partial charge in [0.1, 0.15) is 0 Å². The third-order valence-corrected chi connectivity index (χ3v) is 3.42. The van der Waals surface area contributed by atoms with Crippen LogP contribution in [0.5, 0.6) is 0 Å². The van der Waals surface area contributed by atoms with E-state index in [1.165, 1.54) is 12.1 Å². The van der Waals surface area contributed by atoms with Gasteiger partial charge in [-0.1, -0.05) is 18.2 Å². The lowest BCUT2D eigenvalue weighted by molar-refractivity contribution is -0.149. The average molecular weight is 352 g/mol. The second-order valence-corrected chi connectivity index (χ2v) is 5.93. The molecule has 0 aliphatic heterocycles. The molecule has 0 bridgehead atoms. The van der Waals surface area contributed by atoms with Crippen LogP contribution in [0.3, 0.4) is 0 Å². The molecule has 1 aromatic carbocycles. The Hall–Kier alpha value is -2.07. The predicted octanol–water partition coefficient (Wildman–Crippen LogP) is 1.65. The summed E-state index contributed by atoms with van der Waals surface area (Å²) >= 11 is 0. The Bertz CT molecular complexity index is 644. The fourth-order valence-corrected chi connectivity index (χ4v) is 1.56. The summed E-state index contributed by atoms with van der Waals surface area (Å²) in [6, 6.07) is 8.07. The van der Waals surface area contributed by atoms with Gasteiger partial charge in [-0.3, -0.25) is 9.35 Å². The molecule has 0 fully saturated rings. The number of hydrogen-bond donors (Lipinski definition) is 1. The van der Waals surface area contributed by atoms with Crippen LogP contribution >= 0.6 is 0 Å². The normalized spacial score (nSPS) is 11.8. The fraction of sp³-hybridized carbons (Fsp3) is 0.385. The molecule has 0 aromatic heterocycles. The molecule has 0 saturated carbocycles. The Morgan fingerprint density at radius 2 is 1.74 bits per heavy atom. The molecule has 0 unspecified atom stereocenters. The van der Waals surface area contributed by atoms with Crippen LogP contribution in [0.1, 0.15) is 23.2 Å². The number of alkyl halides is 2. The van der Waals surface area contributed by atoms with E-state index in [1.807, 2.05) is 0 Å². The monoisotopic (exact) mass is 352 g/mol. The first-order valence-electron chi connectivity index (χ1n) is 6.36. The van der Waals surface area contributed by atoms with Gasteiger partial charge in [0, 0.05) is 6.42 Å². The van der Waals surface area contributed by atoms with Gasteiger partial charge in [0.2, 0.25) is 0 Å². The second-order valence-electron chi connectivity index (χ2n) is 4.38. The summed E-state index contributed by atoms with van der Waals surface area (Å²) in [5.74, 6) is -1.71. The van der Waals surface area contributed by atoms with E-state index >= 15 is 0 Å². The summed E-state index contributed by atoms with van der Waals surface area (Å²) in [6.45, 7) is -1.92. The Morgan fingerprint density at radius 1 is 1.13 bits per heavy atom. The smallest absolute Gasteiger partial charge is 0.402 e. The van der Waals surface area contributed by atoms with Gasteiger partial charge in [-0.25, -0.2) is 4.79 Å².